The third-order valence-corrected chi connectivity index (χ3v) is 6.12. The first-order valence-corrected chi connectivity index (χ1v) is 12.2. The topological polar surface area (TPSA) is 159 Å². The van der Waals surface area contributed by atoms with Crippen molar-refractivity contribution >= 4 is 20.8 Å². The fourth-order valence-electron chi connectivity index (χ4n) is 3.63. The molecule has 1 fully saturated rings. The van der Waals surface area contributed by atoms with Gasteiger partial charge in [-0.2, -0.15) is 5.26 Å². The lowest BCUT2D eigenvalue weighted by Gasteiger charge is -2.25. The number of halogens is 1. The Hall–Kier alpha value is -2.71. The maximum Gasteiger partial charge on any atom is 0.329 e. The number of hydrogen-bond acceptors (Lipinski definition) is 7. The molecule has 1 aliphatic rings. The normalized spacial score (nSPS) is 21.1. The number of nitrogens with one attached hydrogen (secondary N) is 2. The lowest BCUT2D eigenvalue weighted by atomic mass is 10.0. The Kier molecular flexibility index (Phi) is 9.86. The minimum atomic E-state index is -2.06. The second-order valence-electron chi connectivity index (χ2n) is 8.28. The molecule has 0 aliphatic carbocycles. The largest absolute Gasteiger partial charge is 0.382 e. The van der Waals surface area contributed by atoms with E-state index >= 15 is 0 Å². The predicted molar refractivity (Wildman–Crippen MR) is 128 cm³/mol. The van der Waals surface area contributed by atoms with Crippen LogP contribution in [0.4, 0.5) is 4.39 Å². The average Bonchev–Trinajstić information content (AvgIpc) is 3.47. The summed E-state index contributed by atoms with van der Waals surface area (Å²) >= 11 is 0. The summed E-state index contributed by atoms with van der Waals surface area (Å²) in [6.07, 6.45) is 2.73. The van der Waals surface area contributed by atoms with Gasteiger partial charge in [-0.1, -0.05) is 0 Å². The molecule has 3 atom stereocenters. The molecule has 0 bridgehead atoms. The molecule has 35 heavy (non-hydrogen) atoms. The number of ether oxygens (including phenoxy) is 2. The average molecular weight is 505 g/mol. The molecule has 0 saturated carbocycles. The molecule has 1 aliphatic heterocycles. The van der Waals surface area contributed by atoms with E-state index < -0.39 is 20.0 Å². The van der Waals surface area contributed by atoms with Crippen LogP contribution in [0.1, 0.15) is 54.8 Å². The van der Waals surface area contributed by atoms with Crippen molar-refractivity contribution in [3.63, 3.8) is 0 Å². The van der Waals surface area contributed by atoms with Crippen LogP contribution in [-0.4, -0.2) is 47.5 Å². The van der Waals surface area contributed by atoms with Crippen LogP contribution in [0.25, 0.3) is 0 Å². The number of aliphatic imine (C=N–C) groups is 1. The molecule has 3 rings (SSSR count). The third kappa shape index (κ3) is 8.18. The fraction of sp³-hybridized carbons (Fsp3) is 0.435. The first-order valence-electron chi connectivity index (χ1n) is 11.0. The molecule has 1 saturated heterocycles. The second-order valence-corrected chi connectivity index (χ2v) is 9.27. The number of nitrogens with zero attached hydrogens (tertiary/aromatic N) is 2. The lowest BCUT2D eigenvalue weighted by molar-refractivity contribution is -0.0598. The minimum Gasteiger partial charge on any atom is -0.382 e. The summed E-state index contributed by atoms with van der Waals surface area (Å²) in [6.45, 7) is 2.85. The summed E-state index contributed by atoms with van der Waals surface area (Å²) in [5.74, 6) is -0.248. The van der Waals surface area contributed by atoms with Crippen molar-refractivity contribution in [2.75, 3.05) is 19.8 Å². The van der Waals surface area contributed by atoms with Crippen LogP contribution < -0.4 is 5.73 Å². The number of rotatable bonds is 13. The van der Waals surface area contributed by atoms with Crippen molar-refractivity contribution in [1.29, 1.82) is 10.7 Å². The zero-order valence-corrected chi connectivity index (χ0v) is 20.3. The Balaban J connectivity index is 1.32. The van der Waals surface area contributed by atoms with E-state index in [-0.39, 0.29) is 37.3 Å². The van der Waals surface area contributed by atoms with E-state index in [1.54, 1.807) is 12.1 Å². The third-order valence-electron chi connectivity index (χ3n) is 5.37. The summed E-state index contributed by atoms with van der Waals surface area (Å²) < 4.78 is 35.9. The summed E-state index contributed by atoms with van der Waals surface area (Å²) in [6, 6.07) is 9.64. The number of nitrogens with two attached hydrogens (primary N) is 1. The van der Waals surface area contributed by atoms with E-state index in [1.807, 2.05) is 19.1 Å². The number of aromatic amines is 1. The van der Waals surface area contributed by atoms with Gasteiger partial charge in [0, 0.05) is 12.3 Å². The molecule has 10 nitrogen and oxygen atoms in total. The fourth-order valence-corrected chi connectivity index (χ4v) is 4.38. The highest BCUT2D eigenvalue weighted by molar-refractivity contribution is 7.40. The summed E-state index contributed by atoms with van der Waals surface area (Å²) in [4.78, 5) is 17.0. The molecule has 12 heteroatoms. The van der Waals surface area contributed by atoms with E-state index in [9.17, 15) is 9.28 Å². The Morgan fingerprint density at radius 1 is 1.43 bits per heavy atom. The van der Waals surface area contributed by atoms with Gasteiger partial charge in [0.2, 0.25) is 0 Å². The maximum atomic E-state index is 13.4. The van der Waals surface area contributed by atoms with Gasteiger partial charge in [-0.3, -0.25) is 5.41 Å². The number of aromatic nitrogens is 1. The number of nitriles is 1. The molecular weight excluding hydrogens is 476 g/mol. The van der Waals surface area contributed by atoms with Crippen molar-refractivity contribution in [3.05, 3.63) is 58.7 Å². The van der Waals surface area contributed by atoms with Gasteiger partial charge in [-0.05, 0) is 62.1 Å². The van der Waals surface area contributed by atoms with E-state index in [4.69, 9.17) is 34.9 Å². The SMILES string of the molecule is C[C@@]1(COP(O)OCCCOCc2cc(F)cc(C#N)c2)CCC(c2ccc(C(N)=NC=N)[nH]2)O1. The van der Waals surface area contributed by atoms with Gasteiger partial charge in [0.25, 0.3) is 0 Å². The molecular formula is C23H29FN5O5P. The van der Waals surface area contributed by atoms with Gasteiger partial charge in [0.1, 0.15) is 18.0 Å². The first kappa shape index (κ1) is 26.9. The zero-order valence-electron chi connectivity index (χ0n) is 19.4. The van der Waals surface area contributed by atoms with Crippen LogP contribution in [0, 0.1) is 22.6 Å². The maximum absolute atomic E-state index is 13.4. The molecule has 2 unspecified atom stereocenters. The van der Waals surface area contributed by atoms with Crippen LogP contribution in [0.3, 0.4) is 0 Å². The highest BCUT2D eigenvalue weighted by Gasteiger charge is 2.38. The Labute approximate surface area is 204 Å². The Bertz CT molecular complexity index is 1070. The minimum absolute atomic E-state index is 0.171. The molecule has 0 radical (unpaired) electrons. The summed E-state index contributed by atoms with van der Waals surface area (Å²) in [7, 11) is -2.06. The Morgan fingerprint density at radius 2 is 2.26 bits per heavy atom. The van der Waals surface area contributed by atoms with E-state index in [2.05, 4.69) is 9.98 Å². The molecule has 0 spiro atoms. The van der Waals surface area contributed by atoms with Crippen molar-refractivity contribution in [3.8, 4) is 6.07 Å². The van der Waals surface area contributed by atoms with Gasteiger partial charge < -0.3 is 34.1 Å². The second kappa shape index (κ2) is 12.8. The van der Waals surface area contributed by atoms with Gasteiger partial charge in [-0.25, -0.2) is 9.38 Å². The molecule has 1 aromatic heterocycles. The number of H-pyrrole nitrogens is 1. The summed E-state index contributed by atoms with van der Waals surface area (Å²) in [5, 5.41) is 15.9. The van der Waals surface area contributed by atoms with Gasteiger partial charge in [0.15, 0.2) is 0 Å². The number of hydrogen-bond donors (Lipinski definition) is 4. The quantitative estimate of drug-likeness (QED) is 0.139. The van der Waals surface area contributed by atoms with Crippen molar-refractivity contribution in [2.24, 2.45) is 10.7 Å². The van der Waals surface area contributed by atoms with Crippen molar-refractivity contribution in [2.45, 2.75) is 44.5 Å². The van der Waals surface area contributed by atoms with Crippen molar-refractivity contribution < 1.29 is 27.8 Å². The molecule has 0 amide bonds. The van der Waals surface area contributed by atoms with Crippen LogP contribution in [0.2, 0.25) is 0 Å². The molecule has 1 aromatic carbocycles. The van der Waals surface area contributed by atoms with E-state index in [1.165, 1.54) is 12.1 Å². The van der Waals surface area contributed by atoms with E-state index in [0.717, 1.165) is 24.9 Å². The first-order chi connectivity index (χ1) is 16.8. The van der Waals surface area contributed by atoms with Gasteiger partial charge in [-0.15, -0.1) is 0 Å². The molecule has 2 aromatic rings. The van der Waals surface area contributed by atoms with Crippen LogP contribution in [-0.2, 0) is 25.1 Å². The van der Waals surface area contributed by atoms with Crippen LogP contribution in [0.5, 0.6) is 0 Å². The highest BCUT2D eigenvalue weighted by Crippen LogP contribution is 2.42. The molecule has 5 N–H and O–H groups in total. The van der Waals surface area contributed by atoms with Gasteiger partial charge in [0.05, 0.1) is 48.9 Å². The van der Waals surface area contributed by atoms with Crippen molar-refractivity contribution in [1.82, 2.24) is 4.98 Å². The van der Waals surface area contributed by atoms with Crippen LogP contribution in [0.15, 0.2) is 35.3 Å². The smallest absolute Gasteiger partial charge is 0.329 e. The van der Waals surface area contributed by atoms with Gasteiger partial charge >= 0.3 is 8.60 Å². The van der Waals surface area contributed by atoms with E-state index in [0.29, 0.717) is 24.3 Å². The highest BCUT2D eigenvalue weighted by atomic mass is 31.2. The molecule has 2 heterocycles. The lowest BCUT2D eigenvalue weighted by Crippen LogP contribution is -2.29. The number of amidine groups is 1. The standard InChI is InChI=1S/C23H29FN5O5P/c1-23(6-5-21(34-23)19-3-4-20(29-19)22(27)28-15-26)14-33-35(30)32-8-2-7-31-13-17-9-16(12-25)10-18(24)11-17/h3-4,9-11,15,21,29-30H,2,5-8,13-14H2,1H3,(H3,26,27,28)/t21?,23-,35?/m0/s1. The molecule has 188 valence electrons. The monoisotopic (exact) mass is 505 g/mol. The zero-order chi connectivity index (χ0) is 25.3. The predicted octanol–water partition coefficient (Wildman–Crippen LogP) is 3.81. The number of benzene rings is 1. The Morgan fingerprint density at radius 3 is 3.03 bits per heavy atom. The summed E-state index contributed by atoms with van der Waals surface area (Å²) in [5.41, 5.74) is 7.53. The van der Waals surface area contributed by atoms with Crippen LogP contribution >= 0.6 is 8.60 Å².